The van der Waals surface area contributed by atoms with Crippen molar-refractivity contribution in [1.82, 2.24) is 15.0 Å². The highest BCUT2D eigenvalue weighted by Crippen LogP contribution is 2.24. The first kappa shape index (κ1) is 11.2. The van der Waals surface area contributed by atoms with Crippen LogP contribution in [0.4, 0.5) is 0 Å². The van der Waals surface area contributed by atoms with Gasteiger partial charge in [0, 0.05) is 13.2 Å². The second-order valence-corrected chi connectivity index (χ2v) is 4.39. The van der Waals surface area contributed by atoms with Crippen LogP contribution < -0.4 is 0 Å². The molecule has 1 N–H and O–H groups in total. The van der Waals surface area contributed by atoms with Gasteiger partial charge in [-0.3, -0.25) is 0 Å². The number of hydrogen-bond donors (Lipinski definition) is 1. The lowest BCUT2D eigenvalue weighted by atomic mass is 10.1. The van der Waals surface area contributed by atoms with E-state index in [0.29, 0.717) is 11.6 Å². The molecule has 0 bridgehead atoms. The third-order valence-electron chi connectivity index (χ3n) is 3.25. The maximum atomic E-state index is 10.9. The number of benzene rings is 1. The molecule has 0 radical (unpaired) electrons. The van der Waals surface area contributed by atoms with Crippen molar-refractivity contribution < 1.29 is 14.6 Å². The van der Waals surface area contributed by atoms with E-state index in [4.69, 9.17) is 9.84 Å². The number of nitrogens with zero attached hydrogens (tertiary/aromatic N) is 3. The minimum Gasteiger partial charge on any atom is -0.478 e. The summed E-state index contributed by atoms with van der Waals surface area (Å²) in [6, 6.07) is 5.21. The monoisotopic (exact) mass is 247 g/mol. The van der Waals surface area contributed by atoms with Crippen molar-refractivity contribution >= 4 is 17.0 Å². The average Bonchev–Trinajstić information content (AvgIpc) is 2.82. The predicted octanol–water partition coefficient (Wildman–Crippen LogP) is 1.48. The zero-order chi connectivity index (χ0) is 12.5. The van der Waals surface area contributed by atoms with Crippen molar-refractivity contribution in [2.24, 2.45) is 0 Å². The number of aromatic nitrogens is 3. The number of carboxylic acids is 1. The van der Waals surface area contributed by atoms with Crippen molar-refractivity contribution in [3.05, 3.63) is 23.8 Å². The van der Waals surface area contributed by atoms with Gasteiger partial charge in [-0.25, -0.2) is 9.48 Å². The van der Waals surface area contributed by atoms with Crippen LogP contribution in [0.15, 0.2) is 18.2 Å². The van der Waals surface area contributed by atoms with Gasteiger partial charge in [-0.2, -0.15) is 0 Å². The molecule has 0 aliphatic carbocycles. The van der Waals surface area contributed by atoms with Crippen LogP contribution in [0.5, 0.6) is 0 Å². The van der Waals surface area contributed by atoms with Crippen LogP contribution in [0.3, 0.4) is 0 Å². The van der Waals surface area contributed by atoms with Gasteiger partial charge >= 0.3 is 5.97 Å². The molecule has 6 nitrogen and oxygen atoms in total. The second-order valence-electron chi connectivity index (χ2n) is 4.39. The zero-order valence-corrected chi connectivity index (χ0v) is 9.74. The number of hydrogen-bond acceptors (Lipinski definition) is 4. The molecule has 1 aromatic heterocycles. The van der Waals surface area contributed by atoms with Gasteiger partial charge < -0.3 is 9.84 Å². The molecule has 18 heavy (non-hydrogen) atoms. The number of fused-ring (bicyclic) bond motifs is 1. The molecule has 0 amide bonds. The summed E-state index contributed by atoms with van der Waals surface area (Å²) in [5.41, 5.74) is 1.75. The van der Waals surface area contributed by atoms with Crippen molar-refractivity contribution in [3.8, 4) is 0 Å². The summed E-state index contributed by atoms with van der Waals surface area (Å²) in [4.78, 5) is 10.9. The number of carbonyl (C=O) groups is 1. The maximum Gasteiger partial charge on any atom is 0.335 e. The fourth-order valence-corrected chi connectivity index (χ4v) is 2.27. The van der Waals surface area contributed by atoms with Gasteiger partial charge in [-0.05, 0) is 31.0 Å². The van der Waals surface area contributed by atoms with Crippen molar-refractivity contribution in [1.29, 1.82) is 0 Å². The smallest absolute Gasteiger partial charge is 0.335 e. The molecule has 0 unspecified atom stereocenters. The first-order valence-electron chi connectivity index (χ1n) is 5.92. The molecule has 3 rings (SSSR count). The number of carboxylic acid groups (broad SMARTS) is 1. The Morgan fingerprint density at radius 1 is 1.39 bits per heavy atom. The highest BCUT2D eigenvalue weighted by molar-refractivity contribution is 5.92. The van der Waals surface area contributed by atoms with Gasteiger partial charge in [-0.15, -0.1) is 5.10 Å². The van der Waals surface area contributed by atoms with Crippen LogP contribution in [-0.2, 0) is 4.74 Å². The molecule has 94 valence electrons. The van der Waals surface area contributed by atoms with Crippen molar-refractivity contribution in [3.63, 3.8) is 0 Å². The zero-order valence-electron chi connectivity index (χ0n) is 9.74. The Morgan fingerprint density at radius 3 is 2.89 bits per heavy atom. The number of aromatic carboxylic acids is 1. The molecule has 6 heteroatoms. The summed E-state index contributed by atoms with van der Waals surface area (Å²) in [7, 11) is 0. The average molecular weight is 247 g/mol. The fourth-order valence-electron chi connectivity index (χ4n) is 2.27. The maximum absolute atomic E-state index is 10.9. The quantitative estimate of drug-likeness (QED) is 0.869. The van der Waals surface area contributed by atoms with E-state index in [2.05, 4.69) is 10.3 Å². The van der Waals surface area contributed by atoms with E-state index in [9.17, 15) is 4.79 Å². The summed E-state index contributed by atoms with van der Waals surface area (Å²) < 4.78 is 7.20. The lowest BCUT2D eigenvalue weighted by Gasteiger charge is -2.22. The van der Waals surface area contributed by atoms with Crippen molar-refractivity contribution in [2.45, 2.75) is 18.9 Å². The topological polar surface area (TPSA) is 77.2 Å². The van der Waals surface area contributed by atoms with Crippen LogP contribution in [0.25, 0.3) is 11.0 Å². The Balaban J connectivity index is 2.01. The highest BCUT2D eigenvalue weighted by atomic mass is 16.5. The minimum atomic E-state index is -0.947. The molecule has 2 aromatic rings. The third-order valence-corrected chi connectivity index (χ3v) is 3.25. The van der Waals surface area contributed by atoms with Gasteiger partial charge in [0.05, 0.1) is 17.1 Å². The Labute approximate surface area is 103 Å². The molecule has 1 aliphatic heterocycles. The van der Waals surface area contributed by atoms with Crippen molar-refractivity contribution in [2.75, 3.05) is 13.2 Å². The largest absolute Gasteiger partial charge is 0.478 e. The van der Waals surface area contributed by atoms with Crippen LogP contribution in [0.2, 0.25) is 0 Å². The number of rotatable bonds is 2. The van der Waals surface area contributed by atoms with Crippen LogP contribution in [0.1, 0.15) is 29.2 Å². The molecule has 1 aromatic carbocycles. The fraction of sp³-hybridized carbons (Fsp3) is 0.417. The van der Waals surface area contributed by atoms with Gasteiger partial charge in [0.15, 0.2) is 0 Å². The van der Waals surface area contributed by atoms with E-state index in [1.165, 1.54) is 0 Å². The Morgan fingerprint density at radius 2 is 2.17 bits per heavy atom. The molecule has 1 aliphatic rings. The van der Waals surface area contributed by atoms with Gasteiger partial charge in [0.25, 0.3) is 0 Å². The predicted molar refractivity (Wildman–Crippen MR) is 63.6 cm³/mol. The normalized spacial score (nSPS) is 17.1. The summed E-state index contributed by atoms with van der Waals surface area (Å²) in [5, 5.41) is 17.1. The number of ether oxygens (including phenoxy) is 1. The molecule has 1 saturated heterocycles. The lowest BCUT2D eigenvalue weighted by molar-refractivity contribution is 0.0669. The summed E-state index contributed by atoms with van der Waals surface area (Å²) in [6.07, 6.45) is 1.83. The minimum absolute atomic E-state index is 0.238. The molecule has 2 heterocycles. The van der Waals surface area contributed by atoms with E-state index < -0.39 is 5.97 Å². The first-order chi connectivity index (χ1) is 8.75. The molecular weight excluding hydrogens is 234 g/mol. The summed E-state index contributed by atoms with van der Waals surface area (Å²) in [5.74, 6) is -0.947. The molecule has 1 fully saturated rings. The molecule has 0 spiro atoms. The standard InChI is InChI=1S/C12H13N3O3/c16-12(17)8-1-2-11-10(7-8)13-14-15(11)9-3-5-18-6-4-9/h1-2,7,9H,3-6H2,(H,16,17). The Bertz CT molecular complexity index is 587. The second kappa shape index (κ2) is 4.38. The van der Waals surface area contributed by atoms with E-state index in [0.717, 1.165) is 31.6 Å². The molecular formula is C12H13N3O3. The van der Waals surface area contributed by atoms with E-state index >= 15 is 0 Å². The summed E-state index contributed by atoms with van der Waals surface area (Å²) >= 11 is 0. The van der Waals surface area contributed by atoms with Gasteiger partial charge in [0.2, 0.25) is 0 Å². The van der Waals surface area contributed by atoms with E-state index in [1.807, 2.05) is 4.68 Å². The van der Waals surface area contributed by atoms with E-state index in [-0.39, 0.29) is 5.56 Å². The molecule has 0 atom stereocenters. The molecule has 0 saturated carbocycles. The van der Waals surface area contributed by atoms with Crippen LogP contribution in [-0.4, -0.2) is 39.3 Å². The highest BCUT2D eigenvalue weighted by Gasteiger charge is 2.19. The third kappa shape index (κ3) is 1.84. The Hall–Kier alpha value is -1.95. The first-order valence-corrected chi connectivity index (χ1v) is 5.92. The Kier molecular flexibility index (Phi) is 2.71. The van der Waals surface area contributed by atoms with Gasteiger partial charge in [0.1, 0.15) is 5.52 Å². The SMILES string of the molecule is O=C(O)c1ccc2c(c1)nnn2C1CCOCC1. The van der Waals surface area contributed by atoms with Crippen LogP contribution >= 0.6 is 0 Å². The van der Waals surface area contributed by atoms with Gasteiger partial charge in [-0.1, -0.05) is 5.21 Å². The van der Waals surface area contributed by atoms with Crippen LogP contribution in [0, 0.1) is 0 Å². The summed E-state index contributed by atoms with van der Waals surface area (Å²) in [6.45, 7) is 1.47. The lowest BCUT2D eigenvalue weighted by Crippen LogP contribution is -2.20. The van der Waals surface area contributed by atoms with E-state index in [1.54, 1.807) is 18.2 Å².